The Hall–Kier alpha value is -2.89. The van der Waals surface area contributed by atoms with Crippen molar-refractivity contribution >= 4 is 23.1 Å². The van der Waals surface area contributed by atoms with E-state index < -0.39 is 5.91 Å². The molecule has 0 radical (unpaired) electrons. The van der Waals surface area contributed by atoms with E-state index in [4.69, 9.17) is 4.42 Å². The van der Waals surface area contributed by atoms with Crippen molar-refractivity contribution in [3.8, 4) is 0 Å². The first-order chi connectivity index (χ1) is 9.33. The van der Waals surface area contributed by atoms with Gasteiger partial charge in [-0.05, 0) is 18.2 Å². The fourth-order valence-corrected chi connectivity index (χ4v) is 1.65. The molecule has 0 saturated carbocycles. The number of para-hydroxylation sites is 1. The zero-order valence-electron chi connectivity index (χ0n) is 9.83. The highest BCUT2D eigenvalue weighted by Gasteiger charge is 2.10. The van der Waals surface area contributed by atoms with Crippen molar-refractivity contribution in [3.63, 3.8) is 0 Å². The smallest absolute Gasteiger partial charge is 0.307 e. The van der Waals surface area contributed by atoms with Gasteiger partial charge in [-0.3, -0.25) is 9.89 Å². The summed E-state index contributed by atoms with van der Waals surface area (Å²) in [6, 6.07) is 10.8. The second-order valence-electron chi connectivity index (χ2n) is 3.86. The first-order valence-electron chi connectivity index (χ1n) is 5.64. The third-order valence-corrected chi connectivity index (χ3v) is 2.54. The van der Waals surface area contributed by atoms with Crippen LogP contribution in [0.1, 0.15) is 16.2 Å². The van der Waals surface area contributed by atoms with Crippen molar-refractivity contribution in [1.82, 2.24) is 15.6 Å². The Labute approximate surface area is 108 Å². The molecule has 1 amide bonds. The lowest BCUT2D eigenvalue weighted by Crippen LogP contribution is -2.16. The van der Waals surface area contributed by atoms with Gasteiger partial charge in [0.2, 0.25) is 0 Å². The molecule has 0 aliphatic rings. The van der Waals surface area contributed by atoms with Crippen LogP contribution in [0, 0.1) is 0 Å². The number of nitrogens with one attached hydrogen (secondary N) is 2. The standard InChI is InChI=1S/C13H10N4O2/c18-13(17-15-8-10-5-6-14-16-10)12-7-9-3-1-2-4-11(9)19-12/h1-8H,(H,14,16)(H,17,18)/b15-8+. The molecule has 2 aromatic heterocycles. The van der Waals surface area contributed by atoms with Crippen LogP contribution in [0.3, 0.4) is 0 Å². The van der Waals surface area contributed by atoms with Crippen LogP contribution < -0.4 is 5.43 Å². The molecule has 0 bridgehead atoms. The second-order valence-corrected chi connectivity index (χ2v) is 3.86. The normalized spacial score (nSPS) is 11.2. The molecule has 0 aliphatic heterocycles. The van der Waals surface area contributed by atoms with E-state index in [9.17, 15) is 4.79 Å². The largest absolute Gasteiger partial charge is 0.451 e. The molecule has 2 heterocycles. The van der Waals surface area contributed by atoms with Gasteiger partial charge >= 0.3 is 5.91 Å². The van der Waals surface area contributed by atoms with Crippen LogP contribution in [-0.4, -0.2) is 22.3 Å². The molecule has 6 nitrogen and oxygen atoms in total. The Morgan fingerprint density at radius 1 is 1.37 bits per heavy atom. The Morgan fingerprint density at radius 2 is 2.26 bits per heavy atom. The summed E-state index contributed by atoms with van der Waals surface area (Å²) < 4.78 is 5.41. The fraction of sp³-hybridized carbons (Fsp3) is 0. The Balaban J connectivity index is 1.73. The van der Waals surface area contributed by atoms with Crippen molar-refractivity contribution < 1.29 is 9.21 Å². The van der Waals surface area contributed by atoms with Gasteiger partial charge in [0.15, 0.2) is 5.76 Å². The average Bonchev–Trinajstić information content (AvgIpc) is 3.07. The quantitative estimate of drug-likeness (QED) is 0.553. The van der Waals surface area contributed by atoms with Crippen LogP contribution in [0.4, 0.5) is 0 Å². The number of aromatic amines is 1. The first-order valence-corrected chi connectivity index (χ1v) is 5.64. The Kier molecular flexibility index (Phi) is 2.82. The van der Waals surface area contributed by atoms with Gasteiger partial charge in [-0.25, -0.2) is 5.43 Å². The lowest BCUT2D eigenvalue weighted by molar-refractivity contribution is 0.0929. The number of rotatable bonds is 3. The molecule has 2 N–H and O–H groups in total. The Bertz CT molecular complexity index is 695. The molecule has 0 unspecified atom stereocenters. The predicted octanol–water partition coefficient (Wildman–Crippen LogP) is 1.92. The molecule has 0 aliphatic carbocycles. The number of aromatic nitrogens is 2. The summed E-state index contributed by atoms with van der Waals surface area (Å²) in [6.07, 6.45) is 3.07. The van der Waals surface area contributed by atoms with Crippen molar-refractivity contribution in [1.29, 1.82) is 0 Å². The second kappa shape index (κ2) is 4.77. The molecule has 94 valence electrons. The molecule has 19 heavy (non-hydrogen) atoms. The van der Waals surface area contributed by atoms with Gasteiger partial charge in [-0.2, -0.15) is 10.2 Å². The van der Waals surface area contributed by atoms with Gasteiger partial charge in [0, 0.05) is 11.6 Å². The number of H-pyrrole nitrogens is 1. The molecule has 0 saturated heterocycles. The number of fused-ring (bicyclic) bond motifs is 1. The molecule has 0 atom stereocenters. The van der Waals surface area contributed by atoms with Crippen molar-refractivity contribution in [2.24, 2.45) is 5.10 Å². The maximum atomic E-state index is 11.8. The van der Waals surface area contributed by atoms with Crippen molar-refractivity contribution in [2.75, 3.05) is 0 Å². The molecular weight excluding hydrogens is 244 g/mol. The van der Waals surface area contributed by atoms with E-state index in [0.29, 0.717) is 11.3 Å². The van der Waals surface area contributed by atoms with Crippen molar-refractivity contribution in [2.45, 2.75) is 0 Å². The van der Waals surface area contributed by atoms with E-state index in [1.165, 1.54) is 6.21 Å². The van der Waals surface area contributed by atoms with E-state index in [2.05, 4.69) is 20.7 Å². The van der Waals surface area contributed by atoms with Gasteiger partial charge in [0.25, 0.3) is 0 Å². The third-order valence-electron chi connectivity index (χ3n) is 2.54. The van der Waals surface area contributed by atoms with Crippen LogP contribution in [0.2, 0.25) is 0 Å². The van der Waals surface area contributed by atoms with Gasteiger partial charge in [0.1, 0.15) is 5.58 Å². The zero-order valence-corrected chi connectivity index (χ0v) is 9.83. The summed E-state index contributed by atoms with van der Waals surface area (Å²) in [5.41, 5.74) is 3.76. The van der Waals surface area contributed by atoms with E-state index in [1.807, 2.05) is 18.2 Å². The van der Waals surface area contributed by atoms with Crippen LogP contribution in [0.5, 0.6) is 0 Å². The molecule has 3 rings (SSSR count). The monoisotopic (exact) mass is 254 g/mol. The molecular formula is C13H10N4O2. The highest BCUT2D eigenvalue weighted by atomic mass is 16.3. The van der Waals surface area contributed by atoms with Crippen LogP contribution in [0.15, 0.2) is 52.1 Å². The number of furan rings is 1. The number of benzene rings is 1. The molecule has 0 fully saturated rings. The minimum absolute atomic E-state index is 0.225. The summed E-state index contributed by atoms with van der Waals surface area (Å²) in [5, 5.41) is 11.1. The van der Waals surface area contributed by atoms with Gasteiger partial charge in [-0.1, -0.05) is 18.2 Å². The summed E-state index contributed by atoms with van der Waals surface area (Å²) in [4.78, 5) is 11.8. The van der Waals surface area contributed by atoms with Crippen molar-refractivity contribution in [3.05, 3.63) is 54.0 Å². The van der Waals surface area contributed by atoms with Gasteiger partial charge < -0.3 is 4.42 Å². The number of carbonyl (C=O) groups excluding carboxylic acids is 1. The van der Waals surface area contributed by atoms with E-state index in [-0.39, 0.29) is 5.76 Å². The number of carbonyl (C=O) groups is 1. The lowest BCUT2D eigenvalue weighted by atomic mass is 10.2. The fourth-order valence-electron chi connectivity index (χ4n) is 1.65. The Morgan fingerprint density at radius 3 is 3.05 bits per heavy atom. The number of hydrogen-bond donors (Lipinski definition) is 2. The summed E-state index contributed by atoms with van der Waals surface area (Å²) in [6.45, 7) is 0. The number of amides is 1. The molecule has 1 aromatic carbocycles. The molecule has 6 heteroatoms. The van der Waals surface area contributed by atoms with Crippen LogP contribution in [0.25, 0.3) is 11.0 Å². The maximum absolute atomic E-state index is 11.8. The van der Waals surface area contributed by atoms with Gasteiger partial charge in [0.05, 0.1) is 11.9 Å². The number of hydrazone groups is 1. The third kappa shape index (κ3) is 2.37. The minimum atomic E-state index is -0.396. The predicted molar refractivity (Wildman–Crippen MR) is 69.9 cm³/mol. The highest BCUT2D eigenvalue weighted by Crippen LogP contribution is 2.18. The van der Waals surface area contributed by atoms with Crippen LogP contribution >= 0.6 is 0 Å². The maximum Gasteiger partial charge on any atom is 0.307 e. The first kappa shape index (κ1) is 11.2. The topological polar surface area (TPSA) is 83.3 Å². The minimum Gasteiger partial charge on any atom is -0.451 e. The summed E-state index contributed by atoms with van der Waals surface area (Å²) in [7, 11) is 0. The highest BCUT2D eigenvalue weighted by molar-refractivity contribution is 5.96. The molecule has 3 aromatic rings. The number of hydrogen-bond acceptors (Lipinski definition) is 4. The van der Waals surface area contributed by atoms with E-state index >= 15 is 0 Å². The van der Waals surface area contributed by atoms with E-state index in [1.54, 1.807) is 24.4 Å². The zero-order chi connectivity index (χ0) is 13.1. The SMILES string of the molecule is O=C(N/N=C/c1ccn[nH]1)c1cc2ccccc2o1. The van der Waals surface area contributed by atoms with E-state index in [0.717, 1.165) is 5.39 Å². The number of nitrogens with zero attached hydrogens (tertiary/aromatic N) is 2. The summed E-state index contributed by atoms with van der Waals surface area (Å²) >= 11 is 0. The van der Waals surface area contributed by atoms with Gasteiger partial charge in [-0.15, -0.1) is 0 Å². The lowest BCUT2D eigenvalue weighted by Gasteiger charge is -1.93. The molecule has 0 spiro atoms. The van der Waals surface area contributed by atoms with Crippen LogP contribution in [-0.2, 0) is 0 Å². The average molecular weight is 254 g/mol. The summed E-state index contributed by atoms with van der Waals surface area (Å²) in [5.74, 6) is -0.171.